The number of hydrogen-bond acceptors (Lipinski definition) is 4. The first-order valence-electron chi connectivity index (χ1n) is 4.82. The van der Waals surface area contributed by atoms with Gasteiger partial charge in [-0.15, -0.1) is 0 Å². The Morgan fingerprint density at radius 3 is 2.93 bits per heavy atom. The number of nitrogens with zero attached hydrogens (tertiary/aromatic N) is 2. The van der Waals surface area contributed by atoms with Crippen LogP contribution in [0.2, 0.25) is 0 Å². The molecule has 1 aromatic rings. The molecule has 0 aliphatic rings. The number of nitrogens with one attached hydrogen (secondary N) is 2. The zero-order valence-corrected chi connectivity index (χ0v) is 10.0. The van der Waals surface area contributed by atoms with Crippen molar-refractivity contribution in [3.8, 4) is 0 Å². The Bertz CT molecular complexity index is 310. The molecule has 6 heteroatoms. The molecule has 0 bridgehead atoms. The Balaban J connectivity index is 2.31. The van der Waals surface area contributed by atoms with Gasteiger partial charge in [-0.3, -0.25) is 9.89 Å². The van der Waals surface area contributed by atoms with Crippen LogP contribution in [0, 0.1) is 0 Å². The molecule has 0 aliphatic heterocycles. The molecule has 0 saturated heterocycles. The maximum atomic E-state index is 11.5. The molecule has 1 aromatic heterocycles. The van der Waals surface area contributed by atoms with Crippen LogP contribution in [0.15, 0.2) is 11.5 Å². The highest BCUT2D eigenvalue weighted by atomic mass is 32.2. The van der Waals surface area contributed by atoms with Crippen molar-refractivity contribution in [2.75, 3.05) is 5.75 Å². The average Bonchev–Trinajstić information content (AvgIpc) is 2.66. The number of aromatic amines is 1. The predicted molar refractivity (Wildman–Crippen MR) is 59.6 cm³/mol. The number of hydrogen-bond donors (Lipinski definition) is 2. The third-order valence-corrected chi connectivity index (χ3v) is 2.97. The van der Waals surface area contributed by atoms with Gasteiger partial charge >= 0.3 is 0 Å². The van der Waals surface area contributed by atoms with Crippen LogP contribution in [-0.4, -0.2) is 32.4 Å². The van der Waals surface area contributed by atoms with E-state index in [9.17, 15) is 4.79 Å². The van der Waals surface area contributed by atoms with Gasteiger partial charge in [0.2, 0.25) is 5.91 Å². The van der Waals surface area contributed by atoms with Crippen LogP contribution in [0.1, 0.15) is 27.2 Å². The van der Waals surface area contributed by atoms with Gasteiger partial charge in [-0.25, -0.2) is 4.98 Å². The van der Waals surface area contributed by atoms with Crippen LogP contribution < -0.4 is 5.32 Å². The van der Waals surface area contributed by atoms with Crippen LogP contribution in [0.4, 0.5) is 0 Å². The van der Waals surface area contributed by atoms with Gasteiger partial charge in [0.15, 0.2) is 5.16 Å². The molecule has 0 atom stereocenters. The molecule has 1 heterocycles. The number of carbonyl (C=O) groups is 1. The SMILES string of the molecule is CCC(C)(C)NC(=O)CSc1ncn[nH]1. The molecule has 2 N–H and O–H groups in total. The molecule has 1 rings (SSSR count). The Kier molecular flexibility index (Phi) is 4.14. The van der Waals surface area contributed by atoms with E-state index >= 15 is 0 Å². The van der Waals surface area contributed by atoms with Crippen LogP contribution in [0.3, 0.4) is 0 Å². The Hall–Kier alpha value is -1.04. The van der Waals surface area contributed by atoms with Crippen molar-refractivity contribution >= 4 is 17.7 Å². The van der Waals surface area contributed by atoms with Gasteiger partial charge in [-0.05, 0) is 20.3 Å². The Labute approximate surface area is 93.4 Å². The van der Waals surface area contributed by atoms with E-state index in [1.54, 1.807) is 0 Å². The normalized spacial score (nSPS) is 11.4. The van der Waals surface area contributed by atoms with E-state index in [1.807, 2.05) is 20.8 Å². The minimum Gasteiger partial charge on any atom is -0.351 e. The van der Waals surface area contributed by atoms with Gasteiger partial charge < -0.3 is 5.32 Å². The first kappa shape index (κ1) is 12.0. The first-order chi connectivity index (χ1) is 7.03. The highest BCUT2D eigenvalue weighted by Crippen LogP contribution is 2.12. The minimum absolute atomic E-state index is 0.0169. The van der Waals surface area contributed by atoms with E-state index in [1.165, 1.54) is 18.1 Å². The van der Waals surface area contributed by atoms with Crippen molar-refractivity contribution in [3.05, 3.63) is 6.33 Å². The summed E-state index contributed by atoms with van der Waals surface area (Å²) in [6, 6.07) is 0. The fourth-order valence-electron chi connectivity index (χ4n) is 0.900. The van der Waals surface area contributed by atoms with Crippen LogP contribution >= 0.6 is 11.8 Å². The summed E-state index contributed by atoms with van der Waals surface area (Å²) in [5.41, 5.74) is -0.140. The van der Waals surface area contributed by atoms with Crippen LogP contribution in [0.5, 0.6) is 0 Å². The first-order valence-corrected chi connectivity index (χ1v) is 5.81. The standard InChI is InChI=1S/C9H16N4OS/c1-4-9(2,3)12-7(14)5-15-8-10-6-11-13-8/h6H,4-5H2,1-3H3,(H,12,14)(H,10,11,13). The Morgan fingerprint density at radius 2 is 2.40 bits per heavy atom. The zero-order chi connectivity index (χ0) is 11.3. The quantitative estimate of drug-likeness (QED) is 0.743. The number of carbonyl (C=O) groups excluding carboxylic acids is 1. The van der Waals surface area contributed by atoms with Gasteiger partial charge in [0.05, 0.1) is 5.75 Å². The molecule has 0 fully saturated rings. The van der Waals surface area contributed by atoms with E-state index in [-0.39, 0.29) is 11.4 Å². The smallest absolute Gasteiger partial charge is 0.230 e. The highest BCUT2D eigenvalue weighted by molar-refractivity contribution is 7.99. The molecular weight excluding hydrogens is 212 g/mol. The molecule has 0 aromatic carbocycles. The molecule has 0 unspecified atom stereocenters. The van der Waals surface area contributed by atoms with E-state index < -0.39 is 0 Å². The maximum Gasteiger partial charge on any atom is 0.230 e. The molecule has 1 amide bonds. The Morgan fingerprint density at radius 1 is 1.67 bits per heavy atom. The second kappa shape index (κ2) is 5.16. The van der Waals surface area contributed by atoms with E-state index in [4.69, 9.17) is 0 Å². The summed E-state index contributed by atoms with van der Waals surface area (Å²) in [6.45, 7) is 6.05. The summed E-state index contributed by atoms with van der Waals surface area (Å²) in [4.78, 5) is 15.4. The summed E-state index contributed by atoms with van der Waals surface area (Å²) < 4.78 is 0. The molecule has 5 nitrogen and oxygen atoms in total. The third-order valence-electron chi connectivity index (χ3n) is 2.09. The summed E-state index contributed by atoms with van der Waals surface area (Å²) in [5, 5.41) is 10.0. The van der Waals surface area contributed by atoms with Crippen LogP contribution in [0.25, 0.3) is 0 Å². The number of thioether (sulfide) groups is 1. The molecule has 0 saturated carbocycles. The van der Waals surface area contributed by atoms with E-state index in [0.29, 0.717) is 10.9 Å². The second-order valence-electron chi connectivity index (χ2n) is 3.86. The van der Waals surface area contributed by atoms with Crippen molar-refractivity contribution < 1.29 is 4.79 Å². The summed E-state index contributed by atoms with van der Waals surface area (Å²) in [5.74, 6) is 0.377. The fourth-order valence-corrected chi connectivity index (χ4v) is 1.48. The molecule has 0 aliphatic carbocycles. The van der Waals surface area contributed by atoms with Gasteiger partial charge in [0.25, 0.3) is 0 Å². The monoisotopic (exact) mass is 228 g/mol. The highest BCUT2D eigenvalue weighted by Gasteiger charge is 2.17. The summed E-state index contributed by atoms with van der Waals surface area (Å²) in [7, 11) is 0. The predicted octanol–water partition coefficient (Wildman–Crippen LogP) is 1.20. The molecule has 15 heavy (non-hydrogen) atoms. The van der Waals surface area contributed by atoms with Gasteiger partial charge in [0, 0.05) is 5.54 Å². The average molecular weight is 228 g/mol. The minimum atomic E-state index is -0.140. The summed E-state index contributed by atoms with van der Waals surface area (Å²) in [6.07, 6.45) is 2.34. The zero-order valence-electron chi connectivity index (χ0n) is 9.20. The van der Waals surface area contributed by atoms with Gasteiger partial charge in [-0.2, -0.15) is 5.10 Å². The van der Waals surface area contributed by atoms with Gasteiger partial charge in [0.1, 0.15) is 6.33 Å². The van der Waals surface area contributed by atoms with Crippen molar-refractivity contribution in [1.82, 2.24) is 20.5 Å². The number of amides is 1. The number of aromatic nitrogens is 3. The molecular formula is C9H16N4OS. The number of H-pyrrole nitrogens is 1. The lowest BCUT2D eigenvalue weighted by Gasteiger charge is -2.24. The lowest BCUT2D eigenvalue weighted by atomic mass is 10.0. The third kappa shape index (κ3) is 4.33. The van der Waals surface area contributed by atoms with Crippen molar-refractivity contribution in [2.24, 2.45) is 0 Å². The fraction of sp³-hybridized carbons (Fsp3) is 0.667. The molecule has 84 valence electrons. The van der Waals surface area contributed by atoms with E-state index in [0.717, 1.165) is 6.42 Å². The molecule has 0 spiro atoms. The van der Waals surface area contributed by atoms with Crippen molar-refractivity contribution in [2.45, 2.75) is 37.9 Å². The lowest BCUT2D eigenvalue weighted by Crippen LogP contribution is -2.43. The molecule has 0 radical (unpaired) electrons. The largest absolute Gasteiger partial charge is 0.351 e. The van der Waals surface area contributed by atoms with Crippen molar-refractivity contribution in [1.29, 1.82) is 0 Å². The number of rotatable bonds is 5. The van der Waals surface area contributed by atoms with E-state index in [2.05, 4.69) is 20.5 Å². The lowest BCUT2D eigenvalue weighted by molar-refractivity contribution is -0.120. The topological polar surface area (TPSA) is 70.7 Å². The summed E-state index contributed by atoms with van der Waals surface area (Å²) >= 11 is 1.35. The second-order valence-corrected chi connectivity index (χ2v) is 4.83. The maximum absolute atomic E-state index is 11.5. The van der Waals surface area contributed by atoms with Crippen molar-refractivity contribution in [3.63, 3.8) is 0 Å². The van der Waals surface area contributed by atoms with Gasteiger partial charge in [-0.1, -0.05) is 18.7 Å². The van der Waals surface area contributed by atoms with Crippen LogP contribution in [-0.2, 0) is 4.79 Å².